The van der Waals surface area contributed by atoms with Crippen molar-refractivity contribution in [3.8, 4) is 0 Å². The zero-order valence-corrected chi connectivity index (χ0v) is 12.0. The van der Waals surface area contributed by atoms with Gasteiger partial charge < -0.3 is 5.73 Å². The molecule has 1 aromatic carbocycles. The summed E-state index contributed by atoms with van der Waals surface area (Å²) in [5.74, 6) is 1.15. The first kappa shape index (κ1) is 14.2. The first-order valence-corrected chi connectivity index (χ1v) is 6.70. The average Bonchev–Trinajstić information content (AvgIpc) is 2.29. The smallest absolute Gasteiger partial charge is 0.000567 e. The van der Waals surface area contributed by atoms with Crippen LogP contribution in [0.15, 0.2) is 24.3 Å². The number of nitrogens with two attached hydrogens (primary N) is 1. The Bertz CT molecular complexity index is 332. The molecule has 2 atom stereocenters. The van der Waals surface area contributed by atoms with Crippen LogP contribution >= 0.6 is 0 Å². The minimum absolute atomic E-state index is 0.229. The highest BCUT2D eigenvalue weighted by Gasteiger charge is 2.18. The van der Waals surface area contributed by atoms with Crippen LogP contribution in [-0.4, -0.2) is 6.54 Å². The van der Waals surface area contributed by atoms with E-state index >= 15 is 0 Å². The average molecular weight is 233 g/mol. The first-order valence-electron chi connectivity index (χ1n) is 6.70. The molecule has 2 unspecified atom stereocenters. The highest BCUT2D eigenvalue weighted by atomic mass is 14.6. The molecular formula is C16H27N. The Morgan fingerprint density at radius 2 is 1.65 bits per heavy atom. The standard InChI is InChI=1S/C16H27N/c1-6-12(2)15(11-17)13-7-9-14(10-8-13)16(3,4)5/h7-10,12,15H,6,11,17H2,1-5H3. The van der Waals surface area contributed by atoms with Crippen LogP contribution < -0.4 is 5.73 Å². The maximum atomic E-state index is 5.91. The summed E-state index contributed by atoms with van der Waals surface area (Å²) >= 11 is 0. The van der Waals surface area contributed by atoms with E-state index in [4.69, 9.17) is 5.73 Å². The van der Waals surface area contributed by atoms with Crippen LogP contribution in [0.4, 0.5) is 0 Å². The summed E-state index contributed by atoms with van der Waals surface area (Å²) in [5, 5.41) is 0. The Labute approximate surface area is 106 Å². The summed E-state index contributed by atoms with van der Waals surface area (Å²) < 4.78 is 0. The number of hydrogen-bond acceptors (Lipinski definition) is 1. The largest absolute Gasteiger partial charge is 0.330 e. The van der Waals surface area contributed by atoms with Crippen LogP contribution in [0.25, 0.3) is 0 Å². The lowest BCUT2D eigenvalue weighted by atomic mass is 9.82. The molecular weight excluding hydrogens is 206 g/mol. The van der Waals surface area contributed by atoms with Gasteiger partial charge in [-0.3, -0.25) is 0 Å². The summed E-state index contributed by atoms with van der Waals surface area (Å²) in [6.07, 6.45) is 1.18. The topological polar surface area (TPSA) is 26.0 Å². The van der Waals surface area contributed by atoms with Crippen LogP contribution in [0, 0.1) is 5.92 Å². The molecule has 17 heavy (non-hydrogen) atoms. The Morgan fingerprint density at radius 3 is 2.00 bits per heavy atom. The van der Waals surface area contributed by atoms with Crippen molar-refractivity contribution < 1.29 is 0 Å². The molecule has 0 saturated heterocycles. The van der Waals surface area contributed by atoms with Gasteiger partial charge in [-0.25, -0.2) is 0 Å². The van der Waals surface area contributed by atoms with E-state index < -0.39 is 0 Å². The molecule has 0 heterocycles. The lowest BCUT2D eigenvalue weighted by Gasteiger charge is -2.24. The van der Waals surface area contributed by atoms with E-state index in [0.29, 0.717) is 11.8 Å². The Hall–Kier alpha value is -0.820. The third kappa shape index (κ3) is 3.57. The molecule has 2 N–H and O–H groups in total. The molecule has 0 aliphatic carbocycles. The zero-order valence-electron chi connectivity index (χ0n) is 12.0. The van der Waals surface area contributed by atoms with Crippen molar-refractivity contribution in [2.24, 2.45) is 11.7 Å². The van der Waals surface area contributed by atoms with Gasteiger partial charge >= 0.3 is 0 Å². The highest BCUT2D eigenvalue weighted by Crippen LogP contribution is 2.28. The second kappa shape index (κ2) is 5.68. The highest BCUT2D eigenvalue weighted by molar-refractivity contribution is 5.30. The Kier molecular flexibility index (Phi) is 4.76. The van der Waals surface area contributed by atoms with E-state index in [9.17, 15) is 0 Å². The third-order valence-corrected chi connectivity index (χ3v) is 3.79. The van der Waals surface area contributed by atoms with Crippen LogP contribution in [0.3, 0.4) is 0 Å². The summed E-state index contributed by atoms with van der Waals surface area (Å²) in [6.45, 7) is 12.0. The SMILES string of the molecule is CCC(C)C(CN)c1ccc(C(C)(C)C)cc1. The van der Waals surface area contributed by atoms with E-state index in [2.05, 4.69) is 58.9 Å². The second-order valence-corrected chi connectivity index (χ2v) is 6.10. The minimum atomic E-state index is 0.229. The van der Waals surface area contributed by atoms with Crippen molar-refractivity contribution in [2.75, 3.05) is 6.54 Å². The van der Waals surface area contributed by atoms with Gasteiger partial charge in [0.25, 0.3) is 0 Å². The third-order valence-electron chi connectivity index (χ3n) is 3.79. The quantitative estimate of drug-likeness (QED) is 0.833. The van der Waals surface area contributed by atoms with Gasteiger partial charge in [0.05, 0.1) is 0 Å². The van der Waals surface area contributed by atoms with Crippen LogP contribution in [-0.2, 0) is 5.41 Å². The predicted molar refractivity (Wildman–Crippen MR) is 76.4 cm³/mol. The van der Waals surface area contributed by atoms with E-state index in [0.717, 1.165) is 6.54 Å². The molecule has 0 amide bonds. The van der Waals surface area contributed by atoms with Gasteiger partial charge in [-0.2, -0.15) is 0 Å². The number of rotatable bonds is 4. The van der Waals surface area contributed by atoms with Crippen molar-refractivity contribution in [3.05, 3.63) is 35.4 Å². The number of benzene rings is 1. The van der Waals surface area contributed by atoms with Crippen molar-refractivity contribution in [2.45, 2.75) is 52.4 Å². The monoisotopic (exact) mass is 233 g/mol. The van der Waals surface area contributed by atoms with Crippen LogP contribution in [0.2, 0.25) is 0 Å². The molecule has 0 fully saturated rings. The Morgan fingerprint density at radius 1 is 1.12 bits per heavy atom. The van der Waals surface area contributed by atoms with E-state index in [-0.39, 0.29) is 5.41 Å². The lowest BCUT2D eigenvalue weighted by Crippen LogP contribution is -2.19. The first-order chi connectivity index (χ1) is 7.90. The van der Waals surface area contributed by atoms with Gasteiger partial charge in [-0.1, -0.05) is 65.3 Å². The van der Waals surface area contributed by atoms with E-state index in [1.807, 2.05) is 0 Å². The maximum absolute atomic E-state index is 5.91. The van der Waals surface area contributed by atoms with Crippen molar-refractivity contribution in [1.29, 1.82) is 0 Å². The Balaban J connectivity index is 2.93. The van der Waals surface area contributed by atoms with Crippen molar-refractivity contribution in [3.63, 3.8) is 0 Å². The summed E-state index contributed by atoms with van der Waals surface area (Å²) in [6, 6.07) is 9.01. The van der Waals surface area contributed by atoms with Gasteiger partial charge in [0, 0.05) is 0 Å². The van der Waals surface area contributed by atoms with Crippen molar-refractivity contribution >= 4 is 0 Å². The molecule has 0 spiro atoms. The van der Waals surface area contributed by atoms with Crippen molar-refractivity contribution in [1.82, 2.24) is 0 Å². The molecule has 1 rings (SSSR count). The molecule has 0 aromatic heterocycles. The molecule has 0 saturated carbocycles. The van der Waals surface area contributed by atoms with Crippen LogP contribution in [0.5, 0.6) is 0 Å². The molecule has 0 aliphatic rings. The molecule has 0 radical (unpaired) electrons. The molecule has 1 nitrogen and oxygen atoms in total. The zero-order chi connectivity index (χ0) is 13.1. The summed E-state index contributed by atoms with van der Waals surface area (Å²) in [4.78, 5) is 0. The summed E-state index contributed by atoms with van der Waals surface area (Å²) in [5.41, 5.74) is 8.91. The molecule has 96 valence electrons. The predicted octanol–water partition coefficient (Wildman–Crippen LogP) is 4.07. The minimum Gasteiger partial charge on any atom is -0.330 e. The van der Waals surface area contributed by atoms with Gasteiger partial charge in [-0.05, 0) is 34.9 Å². The normalized spacial score (nSPS) is 15.6. The summed E-state index contributed by atoms with van der Waals surface area (Å²) in [7, 11) is 0. The maximum Gasteiger partial charge on any atom is -0.000567 e. The molecule has 0 aliphatic heterocycles. The van der Waals surface area contributed by atoms with Crippen LogP contribution in [0.1, 0.15) is 58.1 Å². The fourth-order valence-corrected chi connectivity index (χ4v) is 2.21. The molecule has 1 heteroatoms. The number of hydrogen-bond donors (Lipinski definition) is 1. The van der Waals surface area contributed by atoms with Gasteiger partial charge in [0.2, 0.25) is 0 Å². The fourth-order valence-electron chi connectivity index (χ4n) is 2.21. The van der Waals surface area contributed by atoms with Gasteiger partial charge in [0.15, 0.2) is 0 Å². The lowest BCUT2D eigenvalue weighted by molar-refractivity contribution is 0.451. The molecule has 1 aromatic rings. The second-order valence-electron chi connectivity index (χ2n) is 6.10. The fraction of sp³-hybridized carbons (Fsp3) is 0.625. The van der Waals surface area contributed by atoms with E-state index in [1.54, 1.807) is 0 Å². The van der Waals surface area contributed by atoms with Gasteiger partial charge in [0.1, 0.15) is 0 Å². The van der Waals surface area contributed by atoms with Gasteiger partial charge in [-0.15, -0.1) is 0 Å². The van der Waals surface area contributed by atoms with E-state index in [1.165, 1.54) is 17.5 Å². The molecule has 0 bridgehead atoms.